The average Bonchev–Trinajstić information content (AvgIpc) is 0.787. The SMILES string of the molecule is CCCCCCCCCCCC(O)CC(=O)NC1C(OP(=O)(O)O)OC(CO[C@@H]2OC(CO)[C@@H](OP(=O)(O)O)[C@H](OC(=O)CC(O)CCCCCCCCCCC)C2NC(=O)CC(O)CCCCCCCCCCC)[C@@H](O)[C@@H]1OC(=O)CC(O)CCCCCCCCCCC. The van der Waals surface area contributed by atoms with Gasteiger partial charge in [-0.3, -0.25) is 28.2 Å². The summed E-state index contributed by atoms with van der Waals surface area (Å²) in [5.74, 6) is -4.01. The molecule has 25 nitrogen and oxygen atoms in total. The van der Waals surface area contributed by atoms with Gasteiger partial charge >= 0.3 is 27.6 Å². The number of hydrogen-bond acceptors (Lipinski definition) is 19. The fourth-order valence-corrected chi connectivity index (χ4v) is 13.4. The molecule has 0 saturated carbocycles. The summed E-state index contributed by atoms with van der Waals surface area (Å²) in [7, 11) is -11.2. The molecule has 0 radical (unpaired) electrons. The van der Waals surface area contributed by atoms with Crippen molar-refractivity contribution in [1.82, 2.24) is 10.6 Å². The second kappa shape index (κ2) is 53.6. The predicted molar refractivity (Wildman–Crippen MR) is 360 cm³/mol. The topological polar surface area (TPSA) is 393 Å². The molecular formula is C68H130N2O23P2. The Morgan fingerprint density at radius 3 is 1.02 bits per heavy atom. The second-order valence-electron chi connectivity index (χ2n) is 26.7. The summed E-state index contributed by atoms with van der Waals surface area (Å²) in [4.78, 5) is 96.5. The van der Waals surface area contributed by atoms with E-state index in [1.807, 2.05) is 0 Å². The van der Waals surface area contributed by atoms with E-state index < -0.39 is 164 Å². The van der Waals surface area contributed by atoms with Gasteiger partial charge in [0.05, 0.1) is 63.3 Å². The first-order valence-electron chi connectivity index (χ1n) is 36.8. The van der Waals surface area contributed by atoms with Gasteiger partial charge in [-0.05, 0) is 25.7 Å². The molecular weight excluding hydrogens is 1270 g/mol. The van der Waals surface area contributed by atoms with Crippen LogP contribution < -0.4 is 10.6 Å². The van der Waals surface area contributed by atoms with E-state index in [1.54, 1.807) is 0 Å². The average molecular weight is 1410 g/mol. The van der Waals surface area contributed by atoms with Gasteiger partial charge in [0, 0.05) is 0 Å². The van der Waals surface area contributed by atoms with Crippen molar-refractivity contribution in [2.45, 2.75) is 396 Å². The zero-order chi connectivity index (χ0) is 70.3. The number of unbranched alkanes of at least 4 members (excludes halogenated alkanes) is 32. The molecule has 2 aliphatic rings. The summed E-state index contributed by atoms with van der Waals surface area (Å²) in [5.41, 5.74) is 0. The van der Waals surface area contributed by atoms with E-state index >= 15 is 0 Å². The van der Waals surface area contributed by atoms with Crippen molar-refractivity contribution in [3.63, 3.8) is 0 Å². The minimum Gasteiger partial charge on any atom is -0.457 e. The van der Waals surface area contributed by atoms with Crippen LogP contribution >= 0.6 is 15.6 Å². The van der Waals surface area contributed by atoms with E-state index in [9.17, 15) is 78.5 Å². The largest absolute Gasteiger partial charge is 0.472 e. The first-order valence-corrected chi connectivity index (χ1v) is 39.9. The maximum Gasteiger partial charge on any atom is 0.472 e. The first kappa shape index (κ1) is 88.8. The van der Waals surface area contributed by atoms with E-state index in [2.05, 4.69) is 38.3 Å². The van der Waals surface area contributed by atoms with Crippen LogP contribution in [-0.2, 0) is 61.0 Å². The second-order valence-corrected chi connectivity index (χ2v) is 29.1. The lowest BCUT2D eigenvalue weighted by Gasteiger charge is -2.47. The number of rotatable bonds is 60. The van der Waals surface area contributed by atoms with Crippen LogP contribution in [0.5, 0.6) is 0 Å². The number of ether oxygens (including phenoxy) is 5. The monoisotopic (exact) mass is 1400 g/mol. The molecule has 0 aliphatic carbocycles. The lowest BCUT2D eigenvalue weighted by molar-refractivity contribution is -0.296. The Hall–Kier alpha value is -2.26. The maximum absolute atomic E-state index is 14.1. The van der Waals surface area contributed by atoms with Gasteiger partial charge in [-0.15, -0.1) is 0 Å². The first-order chi connectivity index (χ1) is 45.4. The summed E-state index contributed by atoms with van der Waals surface area (Å²) in [6, 6.07) is -3.75. The molecule has 0 bridgehead atoms. The third-order valence-corrected chi connectivity index (χ3v) is 18.8. The molecule has 0 aromatic rings. The molecule has 27 heteroatoms. The van der Waals surface area contributed by atoms with Gasteiger partial charge in [0.15, 0.2) is 24.8 Å². The molecule has 14 atom stereocenters. The molecule has 95 heavy (non-hydrogen) atoms. The summed E-state index contributed by atoms with van der Waals surface area (Å²) in [6.45, 7) is 6.55. The molecule has 2 heterocycles. The van der Waals surface area contributed by atoms with E-state index in [-0.39, 0.29) is 25.7 Å². The molecule has 0 aromatic carbocycles. The van der Waals surface area contributed by atoms with Gasteiger partial charge in [-0.25, -0.2) is 9.13 Å². The minimum atomic E-state index is -5.61. The number of amides is 2. The van der Waals surface area contributed by atoms with Crippen molar-refractivity contribution < 1.29 is 111 Å². The summed E-state index contributed by atoms with van der Waals surface area (Å²) < 4.78 is 65.3. The molecule has 9 unspecified atom stereocenters. The van der Waals surface area contributed by atoms with Crippen molar-refractivity contribution in [2.75, 3.05) is 13.2 Å². The quantitative estimate of drug-likeness (QED) is 0.0153. The molecule has 2 saturated heterocycles. The van der Waals surface area contributed by atoms with Gasteiger partial charge in [-0.1, -0.05) is 259 Å². The molecule has 2 rings (SSSR count). The lowest BCUT2D eigenvalue weighted by Crippen LogP contribution is -2.68. The van der Waals surface area contributed by atoms with Gasteiger partial charge in [0.25, 0.3) is 0 Å². The van der Waals surface area contributed by atoms with Crippen molar-refractivity contribution >= 4 is 39.4 Å². The summed E-state index contributed by atoms with van der Waals surface area (Å²) in [5, 5.41) is 72.2. The highest BCUT2D eigenvalue weighted by Gasteiger charge is 2.55. The van der Waals surface area contributed by atoms with Crippen molar-refractivity contribution in [2.24, 2.45) is 0 Å². The van der Waals surface area contributed by atoms with Crippen LogP contribution in [0, 0.1) is 0 Å². The number of nitrogens with one attached hydrogen (secondary N) is 2. The molecule has 2 amide bonds. The number of aliphatic hydroxyl groups excluding tert-OH is 6. The van der Waals surface area contributed by atoms with Crippen LogP contribution in [-0.4, -0.2) is 173 Å². The number of hydrogen-bond donors (Lipinski definition) is 12. The van der Waals surface area contributed by atoms with E-state index in [0.29, 0.717) is 25.7 Å². The Morgan fingerprint density at radius 1 is 0.400 bits per heavy atom. The third-order valence-electron chi connectivity index (χ3n) is 17.8. The minimum absolute atomic E-state index is 0.196. The summed E-state index contributed by atoms with van der Waals surface area (Å²) >= 11 is 0. The third kappa shape index (κ3) is 43.2. The highest BCUT2D eigenvalue weighted by Crippen LogP contribution is 2.44. The molecule has 560 valence electrons. The zero-order valence-electron chi connectivity index (χ0n) is 58.3. The van der Waals surface area contributed by atoms with Crippen LogP contribution in [0.25, 0.3) is 0 Å². The molecule has 12 N–H and O–H groups in total. The highest BCUT2D eigenvalue weighted by molar-refractivity contribution is 7.46. The molecule has 2 aliphatic heterocycles. The van der Waals surface area contributed by atoms with Gasteiger partial charge < -0.3 is 84.5 Å². The van der Waals surface area contributed by atoms with Crippen LogP contribution in [0.1, 0.15) is 310 Å². The molecule has 0 spiro atoms. The Kier molecular flexibility index (Phi) is 50.1. The van der Waals surface area contributed by atoms with Crippen LogP contribution in [0.2, 0.25) is 0 Å². The molecule has 0 aromatic heterocycles. The van der Waals surface area contributed by atoms with E-state index in [4.69, 9.17) is 32.7 Å². The highest BCUT2D eigenvalue weighted by atomic mass is 31.2. The number of aliphatic hydroxyl groups is 6. The summed E-state index contributed by atoms with van der Waals surface area (Å²) in [6.07, 6.45) is 13.8. The Bertz CT molecular complexity index is 2080. The smallest absolute Gasteiger partial charge is 0.457 e. The maximum atomic E-state index is 14.1. The van der Waals surface area contributed by atoms with Gasteiger partial charge in [0.2, 0.25) is 11.8 Å². The fraction of sp³-hybridized carbons (Fsp3) is 0.941. The Balaban J connectivity index is 2.55. The zero-order valence-corrected chi connectivity index (χ0v) is 60.1. The van der Waals surface area contributed by atoms with Crippen molar-refractivity contribution in [3.8, 4) is 0 Å². The fourth-order valence-electron chi connectivity index (χ4n) is 12.4. The van der Waals surface area contributed by atoms with E-state index in [0.717, 1.165) is 154 Å². The van der Waals surface area contributed by atoms with Crippen molar-refractivity contribution in [3.05, 3.63) is 0 Å². The van der Waals surface area contributed by atoms with Crippen LogP contribution in [0.15, 0.2) is 0 Å². The lowest BCUT2D eigenvalue weighted by atomic mass is 9.95. The number of esters is 2. The number of carbonyl (C=O) groups excluding carboxylic acids is 4. The number of carbonyl (C=O) groups is 4. The Morgan fingerprint density at radius 2 is 0.695 bits per heavy atom. The predicted octanol–water partition coefficient (Wildman–Crippen LogP) is 10.9. The Labute approximate surface area is 568 Å². The standard InChI is InChI=1S/C68H130N2O23P2/c1-5-9-13-17-21-25-29-33-37-41-51(72)45-57(76)69-61-65(90-59(78)47-53(74)43-39-35-31-27-23-19-15-11-7-3)63(80)56(89-68(61)93-95(84,85)86)50-87-67-62(70-58(77)46-52(73)42-38-34-30-26-22-18-14-10-6-2)66(64(55(49-71)88-67)92-94(81,82)83)91-60(79)48-54(75)44-40-36-32-28-24-20-16-12-8-4/h51-56,61-68,71-75,80H,5-50H2,1-4H3,(H,69,76)(H,70,77)(H2,81,82,83)(H2,84,85,86)/t51?,52?,53?,54?,55?,56?,61?,62?,63-,64-,65-,66-,67-,68?/m1/s1. The van der Waals surface area contributed by atoms with Gasteiger partial charge in [-0.2, -0.15) is 0 Å². The number of phosphoric acid groups is 2. The molecule has 2 fully saturated rings. The number of phosphoric ester groups is 2. The van der Waals surface area contributed by atoms with Crippen LogP contribution in [0.4, 0.5) is 0 Å². The normalized spacial score (nSPS) is 23.0. The van der Waals surface area contributed by atoms with Crippen LogP contribution in [0.3, 0.4) is 0 Å². The van der Waals surface area contributed by atoms with E-state index in [1.165, 1.54) is 51.4 Å². The van der Waals surface area contributed by atoms with Crippen molar-refractivity contribution in [1.29, 1.82) is 0 Å². The van der Waals surface area contributed by atoms with Gasteiger partial charge in [0.1, 0.15) is 36.5 Å².